The van der Waals surface area contributed by atoms with Crippen LogP contribution >= 0.6 is 22.6 Å². The minimum Gasteiger partial charge on any atom is -0.489 e. The van der Waals surface area contributed by atoms with Crippen molar-refractivity contribution in [3.8, 4) is 5.75 Å². The Balaban J connectivity index is 1.99. The lowest BCUT2D eigenvalue weighted by Gasteiger charge is -2.06. The molecule has 0 aliphatic heterocycles. The molecule has 0 saturated heterocycles. The molecular weight excluding hydrogens is 318 g/mol. The molecule has 0 fully saturated rings. The Bertz CT molecular complexity index is 468. The van der Waals surface area contributed by atoms with Crippen molar-refractivity contribution in [3.63, 3.8) is 0 Å². The highest BCUT2D eigenvalue weighted by molar-refractivity contribution is 14.1. The zero-order valence-electron chi connectivity index (χ0n) is 8.49. The molecule has 0 N–H and O–H groups in total. The van der Waals surface area contributed by atoms with Crippen LogP contribution in [0.4, 0.5) is 4.39 Å². The van der Waals surface area contributed by atoms with E-state index in [1.165, 1.54) is 12.1 Å². The Labute approximate surface area is 107 Å². The molecule has 0 unspecified atom stereocenters. The van der Waals surface area contributed by atoms with Crippen LogP contribution in [0.2, 0.25) is 0 Å². The number of rotatable bonds is 3. The third-order valence-electron chi connectivity index (χ3n) is 2.11. The summed E-state index contributed by atoms with van der Waals surface area (Å²) >= 11 is 2.24. The van der Waals surface area contributed by atoms with Gasteiger partial charge in [0.25, 0.3) is 0 Å². The topological polar surface area (TPSA) is 9.23 Å². The van der Waals surface area contributed by atoms with Gasteiger partial charge in [-0.1, -0.05) is 12.1 Å². The fraction of sp³-hybridized carbons (Fsp3) is 0.0769. The molecule has 0 heterocycles. The van der Waals surface area contributed by atoms with Gasteiger partial charge in [-0.05, 0) is 64.6 Å². The highest BCUT2D eigenvalue weighted by Gasteiger charge is 1.97. The van der Waals surface area contributed by atoms with Crippen LogP contribution in [0.15, 0.2) is 48.5 Å². The van der Waals surface area contributed by atoms with Gasteiger partial charge in [-0.15, -0.1) is 0 Å². The van der Waals surface area contributed by atoms with E-state index in [0.717, 1.165) is 14.9 Å². The van der Waals surface area contributed by atoms with Gasteiger partial charge in [0.15, 0.2) is 0 Å². The van der Waals surface area contributed by atoms with Crippen LogP contribution in [-0.4, -0.2) is 0 Å². The lowest BCUT2D eigenvalue weighted by atomic mass is 10.2. The standard InChI is InChI=1S/C13H10FIO/c14-11-3-1-2-10(8-11)9-16-13-6-4-12(15)5-7-13/h1-8H,9H2. The molecule has 2 aromatic carbocycles. The summed E-state index contributed by atoms with van der Waals surface area (Å²) < 4.78 is 19.6. The normalized spacial score (nSPS) is 10.1. The molecular formula is C13H10FIO. The van der Waals surface area contributed by atoms with E-state index in [1.54, 1.807) is 6.07 Å². The average Bonchev–Trinajstić information content (AvgIpc) is 2.28. The van der Waals surface area contributed by atoms with Gasteiger partial charge in [-0.3, -0.25) is 0 Å². The Hall–Kier alpha value is -1.10. The fourth-order valence-corrected chi connectivity index (χ4v) is 1.68. The van der Waals surface area contributed by atoms with E-state index in [-0.39, 0.29) is 5.82 Å². The van der Waals surface area contributed by atoms with Crippen LogP contribution < -0.4 is 4.74 Å². The van der Waals surface area contributed by atoms with E-state index in [1.807, 2.05) is 30.3 Å². The van der Waals surface area contributed by atoms with Crippen LogP contribution in [0.3, 0.4) is 0 Å². The van der Waals surface area contributed by atoms with Gasteiger partial charge in [-0.25, -0.2) is 4.39 Å². The molecule has 0 amide bonds. The molecule has 2 aromatic rings. The smallest absolute Gasteiger partial charge is 0.123 e. The van der Waals surface area contributed by atoms with Gasteiger partial charge in [-0.2, -0.15) is 0 Å². The summed E-state index contributed by atoms with van der Waals surface area (Å²) in [5.41, 5.74) is 0.832. The second-order valence-electron chi connectivity index (χ2n) is 3.37. The van der Waals surface area contributed by atoms with Gasteiger partial charge in [0.1, 0.15) is 18.2 Å². The summed E-state index contributed by atoms with van der Waals surface area (Å²) in [6.45, 7) is 0.387. The summed E-state index contributed by atoms with van der Waals surface area (Å²) in [6, 6.07) is 14.2. The van der Waals surface area contributed by atoms with Crippen molar-refractivity contribution in [2.75, 3.05) is 0 Å². The molecule has 1 nitrogen and oxygen atoms in total. The van der Waals surface area contributed by atoms with Crippen molar-refractivity contribution >= 4 is 22.6 Å². The molecule has 0 saturated carbocycles. The molecule has 0 spiro atoms. The predicted molar refractivity (Wildman–Crippen MR) is 69.9 cm³/mol. The third-order valence-corrected chi connectivity index (χ3v) is 2.83. The SMILES string of the molecule is Fc1cccc(COc2ccc(I)cc2)c1. The van der Waals surface area contributed by atoms with Crippen LogP contribution in [0.1, 0.15) is 5.56 Å². The maximum atomic E-state index is 12.9. The Morgan fingerprint density at radius 2 is 1.81 bits per heavy atom. The van der Waals surface area contributed by atoms with Gasteiger partial charge in [0.2, 0.25) is 0 Å². The van der Waals surface area contributed by atoms with Gasteiger partial charge >= 0.3 is 0 Å². The van der Waals surface area contributed by atoms with E-state index >= 15 is 0 Å². The van der Waals surface area contributed by atoms with Crippen LogP contribution in [0, 0.1) is 9.39 Å². The van der Waals surface area contributed by atoms with Gasteiger partial charge < -0.3 is 4.74 Å². The van der Waals surface area contributed by atoms with E-state index in [9.17, 15) is 4.39 Å². The summed E-state index contributed by atoms with van der Waals surface area (Å²) in [4.78, 5) is 0. The molecule has 0 atom stereocenters. The number of hydrogen-bond donors (Lipinski definition) is 0. The van der Waals surface area contributed by atoms with E-state index in [4.69, 9.17) is 4.74 Å². The fourth-order valence-electron chi connectivity index (χ4n) is 1.32. The highest BCUT2D eigenvalue weighted by Crippen LogP contribution is 2.15. The first-order chi connectivity index (χ1) is 7.74. The molecule has 2 rings (SSSR count). The molecule has 0 radical (unpaired) electrons. The summed E-state index contributed by atoms with van der Waals surface area (Å²) in [5, 5.41) is 0. The quantitative estimate of drug-likeness (QED) is 0.774. The van der Waals surface area contributed by atoms with Gasteiger partial charge in [0, 0.05) is 3.57 Å². The Morgan fingerprint density at radius 3 is 2.50 bits per heavy atom. The number of ether oxygens (including phenoxy) is 1. The lowest BCUT2D eigenvalue weighted by molar-refractivity contribution is 0.305. The van der Waals surface area contributed by atoms with Crippen molar-refractivity contribution in [3.05, 3.63) is 63.5 Å². The van der Waals surface area contributed by atoms with Crippen molar-refractivity contribution < 1.29 is 9.13 Å². The van der Waals surface area contributed by atoms with E-state index < -0.39 is 0 Å². The first-order valence-electron chi connectivity index (χ1n) is 4.87. The number of halogens is 2. The second-order valence-corrected chi connectivity index (χ2v) is 4.62. The van der Waals surface area contributed by atoms with Gasteiger partial charge in [0.05, 0.1) is 0 Å². The van der Waals surface area contributed by atoms with E-state index in [2.05, 4.69) is 22.6 Å². The first kappa shape index (κ1) is 11.4. The molecule has 0 bridgehead atoms. The molecule has 0 aromatic heterocycles. The van der Waals surface area contributed by atoms with Crippen LogP contribution in [0.5, 0.6) is 5.75 Å². The monoisotopic (exact) mass is 328 g/mol. The Kier molecular flexibility index (Phi) is 3.77. The van der Waals surface area contributed by atoms with Crippen molar-refractivity contribution in [2.45, 2.75) is 6.61 Å². The average molecular weight is 328 g/mol. The summed E-state index contributed by atoms with van der Waals surface area (Å²) in [6.07, 6.45) is 0. The Morgan fingerprint density at radius 1 is 1.06 bits per heavy atom. The predicted octanol–water partition coefficient (Wildman–Crippen LogP) is 4.01. The molecule has 3 heteroatoms. The molecule has 82 valence electrons. The highest BCUT2D eigenvalue weighted by atomic mass is 127. The summed E-state index contributed by atoms with van der Waals surface area (Å²) in [7, 11) is 0. The zero-order valence-corrected chi connectivity index (χ0v) is 10.6. The van der Waals surface area contributed by atoms with Crippen molar-refractivity contribution in [2.24, 2.45) is 0 Å². The minimum atomic E-state index is -0.233. The first-order valence-corrected chi connectivity index (χ1v) is 5.95. The molecule has 16 heavy (non-hydrogen) atoms. The van der Waals surface area contributed by atoms with Crippen molar-refractivity contribution in [1.29, 1.82) is 0 Å². The number of benzene rings is 2. The van der Waals surface area contributed by atoms with Crippen LogP contribution in [0.25, 0.3) is 0 Å². The molecule has 0 aliphatic rings. The maximum absolute atomic E-state index is 12.9. The maximum Gasteiger partial charge on any atom is 0.123 e. The minimum absolute atomic E-state index is 0.233. The third kappa shape index (κ3) is 3.20. The second kappa shape index (κ2) is 5.30. The largest absolute Gasteiger partial charge is 0.489 e. The summed E-state index contributed by atoms with van der Waals surface area (Å²) in [5.74, 6) is 0.563. The zero-order chi connectivity index (χ0) is 11.4. The molecule has 0 aliphatic carbocycles. The van der Waals surface area contributed by atoms with E-state index in [0.29, 0.717) is 6.61 Å². The van der Waals surface area contributed by atoms with Crippen molar-refractivity contribution in [1.82, 2.24) is 0 Å². The number of hydrogen-bond acceptors (Lipinski definition) is 1. The lowest BCUT2D eigenvalue weighted by Crippen LogP contribution is -1.95. The van der Waals surface area contributed by atoms with Crippen LogP contribution in [-0.2, 0) is 6.61 Å².